The van der Waals surface area contributed by atoms with Crippen molar-refractivity contribution in [3.63, 3.8) is 0 Å². The SMILES string of the molecule is CCn1c(=O)c(=O)[nH]c2cc(C(=O)NCc3ccccc3-c3ccc(CN4CCCC4)cc3)ccc21. The van der Waals surface area contributed by atoms with Crippen LogP contribution in [0.2, 0.25) is 0 Å². The molecule has 2 heterocycles. The quantitative estimate of drug-likeness (QED) is 0.391. The highest BCUT2D eigenvalue weighted by Crippen LogP contribution is 2.25. The average Bonchev–Trinajstić information content (AvgIpc) is 3.41. The Morgan fingerprint density at radius 3 is 2.47 bits per heavy atom. The standard InChI is InChI=1S/C29H30N4O3/c1-2-33-26-14-13-22(17-25(26)31-28(35)29(33)36)27(34)30-18-23-7-3-4-8-24(23)21-11-9-20(10-12-21)19-32-15-5-6-16-32/h3-4,7-14,17H,2,5-6,15-16,18-19H2,1H3,(H,30,34)(H,31,35). The fourth-order valence-electron chi connectivity index (χ4n) is 4.96. The van der Waals surface area contributed by atoms with E-state index in [1.807, 2.05) is 18.2 Å². The van der Waals surface area contributed by atoms with Crippen molar-refractivity contribution in [2.45, 2.75) is 39.4 Å². The molecule has 5 rings (SSSR count). The molecule has 0 spiro atoms. The van der Waals surface area contributed by atoms with Crippen molar-refractivity contribution in [2.75, 3.05) is 13.1 Å². The van der Waals surface area contributed by atoms with Crippen molar-refractivity contribution < 1.29 is 4.79 Å². The van der Waals surface area contributed by atoms with Crippen LogP contribution in [0.25, 0.3) is 22.2 Å². The predicted octanol–water partition coefficient (Wildman–Crippen LogP) is 3.90. The van der Waals surface area contributed by atoms with Gasteiger partial charge in [-0.25, -0.2) is 0 Å². The van der Waals surface area contributed by atoms with Crippen LogP contribution in [0, 0.1) is 0 Å². The number of hydrogen-bond acceptors (Lipinski definition) is 4. The molecule has 1 amide bonds. The van der Waals surface area contributed by atoms with E-state index in [0.717, 1.165) is 23.2 Å². The third-order valence-electron chi connectivity index (χ3n) is 6.88. The lowest BCUT2D eigenvalue weighted by molar-refractivity contribution is 0.0951. The van der Waals surface area contributed by atoms with Gasteiger partial charge in [0.2, 0.25) is 0 Å². The maximum atomic E-state index is 12.9. The first-order valence-corrected chi connectivity index (χ1v) is 12.5. The highest BCUT2D eigenvalue weighted by molar-refractivity contribution is 5.97. The van der Waals surface area contributed by atoms with Crippen LogP contribution < -0.4 is 16.4 Å². The lowest BCUT2D eigenvalue weighted by Gasteiger charge is -2.15. The summed E-state index contributed by atoms with van der Waals surface area (Å²) in [5.41, 5.74) is 4.72. The number of carbonyl (C=O) groups is 1. The Hall–Kier alpha value is -3.97. The minimum Gasteiger partial charge on any atom is -0.348 e. The summed E-state index contributed by atoms with van der Waals surface area (Å²) in [5.74, 6) is -0.247. The van der Waals surface area contributed by atoms with Crippen LogP contribution in [-0.2, 0) is 19.6 Å². The number of H-pyrrole nitrogens is 1. The number of hydrogen-bond donors (Lipinski definition) is 2. The van der Waals surface area contributed by atoms with Gasteiger partial charge in [-0.1, -0.05) is 48.5 Å². The number of aryl methyl sites for hydroxylation is 1. The predicted molar refractivity (Wildman–Crippen MR) is 142 cm³/mol. The van der Waals surface area contributed by atoms with E-state index in [1.54, 1.807) is 25.1 Å². The van der Waals surface area contributed by atoms with Gasteiger partial charge < -0.3 is 14.9 Å². The van der Waals surface area contributed by atoms with Crippen molar-refractivity contribution >= 4 is 16.9 Å². The Balaban J connectivity index is 1.32. The number of rotatable bonds is 7. The Labute approximate surface area is 209 Å². The number of nitrogens with one attached hydrogen (secondary N) is 2. The summed E-state index contributed by atoms with van der Waals surface area (Å²) >= 11 is 0. The third kappa shape index (κ3) is 4.88. The van der Waals surface area contributed by atoms with Gasteiger partial charge in [0.1, 0.15) is 0 Å². The van der Waals surface area contributed by atoms with E-state index < -0.39 is 11.1 Å². The molecule has 1 saturated heterocycles. The van der Waals surface area contributed by atoms with Crippen LogP contribution in [0.15, 0.2) is 76.3 Å². The van der Waals surface area contributed by atoms with Crippen LogP contribution >= 0.6 is 0 Å². The molecular weight excluding hydrogens is 452 g/mol. The van der Waals surface area contributed by atoms with Gasteiger partial charge in [-0.3, -0.25) is 19.3 Å². The summed E-state index contributed by atoms with van der Waals surface area (Å²) in [5, 5.41) is 3.00. The molecule has 1 aromatic heterocycles. The summed E-state index contributed by atoms with van der Waals surface area (Å²) < 4.78 is 1.41. The van der Waals surface area contributed by atoms with Crippen molar-refractivity contribution in [1.82, 2.24) is 19.8 Å². The molecule has 2 N–H and O–H groups in total. The molecule has 1 aliphatic rings. The van der Waals surface area contributed by atoms with E-state index in [-0.39, 0.29) is 5.91 Å². The Bertz CT molecular complexity index is 1510. The molecule has 0 unspecified atom stereocenters. The Morgan fingerprint density at radius 1 is 0.972 bits per heavy atom. The van der Waals surface area contributed by atoms with Crippen molar-refractivity contribution in [2.24, 2.45) is 0 Å². The largest absolute Gasteiger partial charge is 0.348 e. The van der Waals surface area contributed by atoms with E-state index in [4.69, 9.17) is 0 Å². The van der Waals surface area contributed by atoms with E-state index in [2.05, 4.69) is 45.5 Å². The molecule has 0 radical (unpaired) electrons. The van der Waals surface area contributed by atoms with Crippen LogP contribution in [0.1, 0.15) is 41.3 Å². The molecule has 0 saturated carbocycles. The molecule has 0 bridgehead atoms. The highest BCUT2D eigenvalue weighted by Gasteiger charge is 2.14. The smallest absolute Gasteiger partial charge is 0.316 e. The molecule has 1 fully saturated rings. The number of likely N-dealkylation sites (tertiary alicyclic amines) is 1. The molecule has 1 aliphatic heterocycles. The lowest BCUT2D eigenvalue weighted by atomic mass is 9.98. The van der Waals surface area contributed by atoms with Gasteiger partial charge in [-0.15, -0.1) is 0 Å². The minimum atomic E-state index is -0.692. The first-order chi connectivity index (χ1) is 17.5. The Kier molecular flexibility index (Phi) is 6.82. The number of carbonyl (C=O) groups excluding carboxylic acids is 1. The summed E-state index contributed by atoms with van der Waals surface area (Å²) in [7, 11) is 0. The second-order valence-electron chi connectivity index (χ2n) is 9.26. The van der Waals surface area contributed by atoms with Gasteiger partial charge in [-0.05, 0) is 73.3 Å². The first-order valence-electron chi connectivity index (χ1n) is 12.5. The van der Waals surface area contributed by atoms with Gasteiger partial charge in [0.05, 0.1) is 11.0 Å². The summed E-state index contributed by atoms with van der Waals surface area (Å²) in [6.07, 6.45) is 2.57. The van der Waals surface area contributed by atoms with Gasteiger partial charge in [0.15, 0.2) is 0 Å². The Morgan fingerprint density at radius 2 is 1.72 bits per heavy atom. The molecule has 184 valence electrons. The van der Waals surface area contributed by atoms with Crippen molar-refractivity contribution in [1.29, 1.82) is 0 Å². The molecule has 7 nitrogen and oxygen atoms in total. The van der Waals surface area contributed by atoms with E-state index >= 15 is 0 Å². The van der Waals surface area contributed by atoms with Gasteiger partial charge in [0, 0.05) is 25.2 Å². The molecule has 0 atom stereocenters. The van der Waals surface area contributed by atoms with Crippen molar-refractivity contribution in [3.8, 4) is 11.1 Å². The highest BCUT2D eigenvalue weighted by atomic mass is 16.2. The molecule has 4 aromatic rings. The van der Waals surface area contributed by atoms with Crippen LogP contribution in [0.4, 0.5) is 0 Å². The zero-order valence-electron chi connectivity index (χ0n) is 20.4. The zero-order valence-corrected chi connectivity index (χ0v) is 20.4. The van der Waals surface area contributed by atoms with E-state index in [9.17, 15) is 14.4 Å². The van der Waals surface area contributed by atoms with Gasteiger partial charge in [-0.2, -0.15) is 0 Å². The average molecular weight is 483 g/mol. The van der Waals surface area contributed by atoms with Crippen LogP contribution in [0.3, 0.4) is 0 Å². The number of aromatic nitrogens is 2. The van der Waals surface area contributed by atoms with Crippen molar-refractivity contribution in [3.05, 3.63) is 104 Å². The first kappa shape index (κ1) is 23.8. The van der Waals surface area contributed by atoms with Gasteiger partial charge in [0.25, 0.3) is 5.91 Å². The number of benzene rings is 3. The zero-order chi connectivity index (χ0) is 25.1. The third-order valence-corrected chi connectivity index (χ3v) is 6.88. The second-order valence-corrected chi connectivity index (χ2v) is 9.26. The maximum Gasteiger partial charge on any atom is 0.316 e. The minimum absolute atomic E-state index is 0.247. The number of amides is 1. The molecule has 0 aliphatic carbocycles. The monoisotopic (exact) mass is 482 g/mol. The molecule has 7 heteroatoms. The molecular formula is C29H30N4O3. The van der Waals surface area contributed by atoms with E-state index in [1.165, 1.54) is 36.1 Å². The summed E-state index contributed by atoms with van der Waals surface area (Å²) in [6.45, 7) is 5.89. The fourth-order valence-corrected chi connectivity index (χ4v) is 4.96. The normalized spacial score (nSPS) is 13.8. The van der Waals surface area contributed by atoms with E-state index in [0.29, 0.717) is 29.7 Å². The number of fused-ring (bicyclic) bond motifs is 1. The van der Waals surface area contributed by atoms with Crippen LogP contribution in [-0.4, -0.2) is 33.4 Å². The summed E-state index contributed by atoms with van der Waals surface area (Å²) in [4.78, 5) is 42.1. The van der Waals surface area contributed by atoms with Crippen LogP contribution in [0.5, 0.6) is 0 Å². The lowest BCUT2D eigenvalue weighted by Crippen LogP contribution is -2.36. The number of nitrogens with zero attached hydrogens (tertiary/aromatic N) is 2. The fraction of sp³-hybridized carbons (Fsp3) is 0.276. The van der Waals surface area contributed by atoms with Gasteiger partial charge >= 0.3 is 11.1 Å². The number of aromatic amines is 1. The summed E-state index contributed by atoms with van der Waals surface area (Å²) in [6, 6.07) is 21.7. The molecule has 3 aromatic carbocycles. The second kappa shape index (κ2) is 10.3. The molecule has 36 heavy (non-hydrogen) atoms. The topological polar surface area (TPSA) is 87.2 Å². The maximum absolute atomic E-state index is 12.9.